The predicted molar refractivity (Wildman–Crippen MR) is 139 cm³/mol. The van der Waals surface area contributed by atoms with Gasteiger partial charge in [-0.3, -0.25) is 9.10 Å². The molecule has 0 saturated heterocycles. The molecule has 3 aromatic carbocycles. The summed E-state index contributed by atoms with van der Waals surface area (Å²) < 4.78 is 34.9. The molecule has 1 aromatic heterocycles. The zero-order valence-electron chi connectivity index (χ0n) is 19.9. The van der Waals surface area contributed by atoms with Gasteiger partial charge in [0.1, 0.15) is 12.4 Å². The van der Waals surface area contributed by atoms with E-state index in [0.29, 0.717) is 23.6 Å². The van der Waals surface area contributed by atoms with Gasteiger partial charge in [-0.2, -0.15) is 0 Å². The highest BCUT2D eigenvalue weighted by Crippen LogP contribution is 2.35. The smallest absolute Gasteiger partial charge is 0.264 e. The van der Waals surface area contributed by atoms with Crippen molar-refractivity contribution in [1.29, 1.82) is 0 Å². The number of nitrogens with one attached hydrogen (secondary N) is 1. The van der Waals surface area contributed by atoms with Crippen LogP contribution in [0.5, 0.6) is 5.75 Å². The highest BCUT2D eigenvalue weighted by molar-refractivity contribution is 7.92. The van der Waals surface area contributed by atoms with Crippen LogP contribution >= 0.6 is 0 Å². The SMILES string of the molecule is Cc1ccc2cc(CN(c3ccccc3)S(=O)(=O)c3ccc4c(c3)OCCN4C)c(=O)[nH]c2c1C. The summed E-state index contributed by atoms with van der Waals surface area (Å²) in [6.45, 7) is 5.07. The summed E-state index contributed by atoms with van der Waals surface area (Å²) in [6, 6.07) is 19.5. The van der Waals surface area contributed by atoms with Gasteiger partial charge in [0.2, 0.25) is 0 Å². The first kappa shape index (κ1) is 23.0. The lowest BCUT2D eigenvalue weighted by Crippen LogP contribution is -2.33. The number of aromatic amines is 1. The molecule has 4 aromatic rings. The fourth-order valence-corrected chi connectivity index (χ4v) is 5.84. The minimum absolute atomic E-state index is 0.109. The van der Waals surface area contributed by atoms with Crippen LogP contribution in [0.1, 0.15) is 16.7 Å². The molecule has 0 fully saturated rings. The predicted octanol–water partition coefficient (Wildman–Crippen LogP) is 4.37. The second-order valence-corrected chi connectivity index (χ2v) is 10.7. The van der Waals surface area contributed by atoms with Gasteiger partial charge in [0, 0.05) is 18.7 Å². The Labute approximate surface area is 204 Å². The van der Waals surface area contributed by atoms with Crippen molar-refractivity contribution in [3.8, 4) is 5.75 Å². The number of hydrogen-bond donors (Lipinski definition) is 1. The summed E-state index contributed by atoms with van der Waals surface area (Å²) in [7, 11) is -2.06. The number of para-hydroxylation sites is 1. The molecule has 0 radical (unpaired) electrons. The molecule has 1 aliphatic heterocycles. The fourth-order valence-electron chi connectivity index (χ4n) is 4.38. The van der Waals surface area contributed by atoms with Crippen LogP contribution in [0.4, 0.5) is 11.4 Å². The van der Waals surface area contributed by atoms with E-state index in [2.05, 4.69) is 4.98 Å². The van der Waals surface area contributed by atoms with Crippen LogP contribution in [0.3, 0.4) is 0 Å². The number of pyridine rings is 1. The molecule has 0 atom stereocenters. The van der Waals surface area contributed by atoms with E-state index in [9.17, 15) is 13.2 Å². The van der Waals surface area contributed by atoms with Gasteiger partial charge in [0.15, 0.2) is 0 Å². The van der Waals surface area contributed by atoms with E-state index < -0.39 is 10.0 Å². The van der Waals surface area contributed by atoms with Crippen molar-refractivity contribution in [2.45, 2.75) is 25.3 Å². The van der Waals surface area contributed by atoms with Gasteiger partial charge < -0.3 is 14.6 Å². The maximum Gasteiger partial charge on any atom is 0.264 e. The standard InChI is InChI=1S/C27H27N3O4S/c1-18-9-10-20-15-21(27(31)28-26(20)19(18)2)17-30(22-7-5-4-6-8-22)35(32,33)23-11-12-24-25(16-23)34-14-13-29(24)3/h4-12,15-16H,13-14,17H2,1-3H3,(H,28,31). The molecule has 5 rings (SSSR count). The number of H-pyrrole nitrogens is 1. The topological polar surface area (TPSA) is 82.7 Å². The normalized spacial score (nSPS) is 13.4. The minimum atomic E-state index is -4.01. The Morgan fingerprint density at radius 2 is 1.80 bits per heavy atom. The van der Waals surface area contributed by atoms with Crippen molar-refractivity contribution >= 4 is 32.3 Å². The molecule has 0 amide bonds. The molecule has 0 unspecified atom stereocenters. The van der Waals surface area contributed by atoms with Crippen molar-refractivity contribution in [3.63, 3.8) is 0 Å². The van der Waals surface area contributed by atoms with Gasteiger partial charge in [-0.15, -0.1) is 0 Å². The first-order valence-corrected chi connectivity index (χ1v) is 12.9. The monoisotopic (exact) mass is 489 g/mol. The Kier molecular flexibility index (Phi) is 5.76. The van der Waals surface area contributed by atoms with Gasteiger partial charge in [-0.25, -0.2) is 8.42 Å². The summed E-state index contributed by atoms with van der Waals surface area (Å²) in [4.78, 5) is 18.2. The summed E-state index contributed by atoms with van der Waals surface area (Å²) >= 11 is 0. The maximum atomic E-state index is 13.9. The summed E-state index contributed by atoms with van der Waals surface area (Å²) in [5, 5.41) is 0.860. The Morgan fingerprint density at radius 3 is 2.57 bits per heavy atom. The number of ether oxygens (including phenoxy) is 1. The molecule has 0 bridgehead atoms. The average molecular weight is 490 g/mol. The summed E-state index contributed by atoms with van der Waals surface area (Å²) in [5.41, 5.74) is 4.22. The molecule has 0 saturated carbocycles. The highest BCUT2D eigenvalue weighted by Gasteiger charge is 2.28. The Balaban J connectivity index is 1.61. The van der Waals surface area contributed by atoms with Gasteiger partial charge in [-0.05, 0) is 60.7 Å². The van der Waals surface area contributed by atoms with E-state index >= 15 is 0 Å². The lowest BCUT2D eigenvalue weighted by Gasteiger charge is -2.29. The molecular weight excluding hydrogens is 462 g/mol. The van der Waals surface area contributed by atoms with Gasteiger partial charge >= 0.3 is 0 Å². The zero-order chi connectivity index (χ0) is 24.7. The van der Waals surface area contributed by atoms with Crippen LogP contribution in [0.2, 0.25) is 0 Å². The number of anilines is 2. The van der Waals surface area contributed by atoms with Crippen molar-refractivity contribution in [2.75, 3.05) is 29.4 Å². The highest BCUT2D eigenvalue weighted by atomic mass is 32.2. The molecule has 1 N–H and O–H groups in total. The maximum absolute atomic E-state index is 13.9. The minimum Gasteiger partial charge on any atom is -0.490 e. The Morgan fingerprint density at radius 1 is 1.03 bits per heavy atom. The van der Waals surface area contributed by atoms with E-state index in [1.165, 1.54) is 4.31 Å². The Bertz CT molecular complexity index is 1580. The summed E-state index contributed by atoms with van der Waals surface area (Å²) in [5.74, 6) is 0.530. The number of sulfonamides is 1. The Hall–Kier alpha value is -3.78. The van der Waals surface area contributed by atoms with Crippen LogP contribution in [0, 0.1) is 13.8 Å². The number of hydrogen-bond acceptors (Lipinski definition) is 5. The van der Waals surface area contributed by atoms with Crippen molar-refractivity contribution in [2.24, 2.45) is 0 Å². The van der Waals surface area contributed by atoms with E-state index in [1.807, 2.05) is 44.0 Å². The third-order valence-electron chi connectivity index (χ3n) is 6.60. The van der Waals surface area contributed by atoms with E-state index in [-0.39, 0.29) is 17.0 Å². The number of fused-ring (bicyclic) bond motifs is 2. The van der Waals surface area contributed by atoms with Crippen molar-refractivity contribution < 1.29 is 13.2 Å². The quantitative estimate of drug-likeness (QED) is 0.450. The fraction of sp³-hybridized carbons (Fsp3) is 0.222. The first-order valence-electron chi connectivity index (χ1n) is 11.4. The summed E-state index contributed by atoms with van der Waals surface area (Å²) in [6.07, 6.45) is 0. The van der Waals surface area contributed by atoms with Crippen LogP contribution < -0.4 is 19.5 Å². The van der Waals surface area contributed by atoms with Crippen molar-refractivity contribution in [1.82, 2.24) is 4.98 Å². The number of aromatic nitrogens is 1. The molecule has 1 aliphatic rings. The number of nitrogens with zero attached hydrogens (tertiary/aromatic N) is 2. The van der Waals surface area contributed by atoms with E-state index in [4.69, 9.17) is 4.74 Å². The number of rotatable bonds is 5. The van der Waals surface area contributed by atoms with Gasteiger partial charge in [0.05, 0.1) is 34.9 Å². The molecular formula is C27H27N3O4S. The second-order valence-electron chi connectivity index (χ2n) is 8.84. The number of likely N-dealkylation sites (N-methyl/N-ethyl adjacent to an activating group) is 1. The van der Waals surface area contributed by atoms with Crippen LogP contribution in [0.25, 0.3) is 10.9 Å². The van der Waals surface area contributed by atoms with Gasteiger partial charge in [0.25, 0.3) is 15.6 Å². The lowest BCUT2D eigenvalue weighted by molar-refractivity contribution is 0.310. The second kappa shape index (κ2) is 8.78. The molecule has 8 heteroatoms. The van der Waals surface area contributed by atoms with Crippen LogP contribution in [-0.2, 0) is 16.6 Å². The molecule has 0 aliphatic carbocycles. The molecule has 35 heavy (non-hydrogen) atoms. The van der Waals surface area contributed by atoms with Crippen LogP contribution in [-0.4, -0.2) is 33.6 Å². The third kappa shape index (κ3) is 4.14. The molecule has 7 nitrogen and oxygen atoms in total. The van der Waals surface area contributed by atoms with Crippen molar-refractivity contribution in [3.05, 3.63) is 93.8 Å². The van der Waals surface area contributed by atoms with Gasteiger partial charge in [-0.1, -0.05) is 30.3 Å². The van der Waals surface area contributed by atoms with Crippen LogP contribution in [0.15, 0.2) is 76.4 Å². The molecule has 0 spiro atoms. The van der Waals surface area contributed by atoms with E-state index in [1.54, 1.807) is 48.5 Å². The molecule has 2 heterocycles. The van der Waals surface area contributed by atoms with E-state index in [0.717, 1.165) is 34.3 Å². The zero-order valence-corrected chi connectivity index (χ0v) is 20.7. The number of benzene rings is 3. The first-order chi connectivity index (χ1) is 16.8. The largest absolute Gasteiger partial charge is 0.490 e. The molecule has 180 valence electrons. The average Bonchev–Trinajstić information content (AvgIpc) is 2.86. The lowest BCUT2D eigenvalue weighted by atomic mass is 10.0. The third-order valence-corrected chi connectivity index (χ3v) is 8.37. The number of aryl methyl sites for hydroxylation is 2.